The van der Waals surface area contributed by atoms with E-state index < -0.39 is 29.3 Å². The molecule has 0 saturated heterocycles. The van der Waals surface area contributed by atoms with E-state index in [4.69, 9.17) is 27.9 Å². The maximum Gasteiger partial charge on any atom is 0.326 e. The Morgan fingerprint density at radius 1 is 1.00 bits per heavy atom. The van der Waals surface area contributed by atoms with E-state index >= 15 is 0 Å². The summed E-state index contributed by atoms with van der Waals surface area (Å²) in [4.78, 5) is 52.1. The smallest absolute Gasteiger partial charge is 0.326 e. The molecule has 32 heavy (non-hydrogen) atoms. The molecule has 0 unspecified atom stereocenters. The highest BCUT2D eigenvalue weighted by Gasteiger charge is 2.22. The normalized spacial score (nSPS) is 11.1. The Balaban J connectivity index is 2.58. The van der Waals surface area contributed by atoms with Gasteiger partial charge in [-0.05, 0) is 53.1 Å². The van der Waals surface area contributed by atoms with Gasteiger partial charge < -0.3 is 25.2 Å². The number of hydrogen-bond acceptors (Lipinski definition) is 6. The molecular weight excluding hydrogens is 459 g/mol. The first-order valence-electron chi connectivity index (χ1n) is 9.93. The van der Waals surface area contributed by atoms with Gasteiger partial charge >= 0.3 is 5.97 Å². The van der Waals surface area contributed by atoms with Gasteiger partial charge in [-0.3, -0.25) is 19.2 Å². The molecule has 0 heterocycles. The van der Waals surface area contributed by atoms with Crippen LogP contribution in [0.3, 0.4) is 0 Å². The van der Waals surface area contributed by atoms with Crippen molar-refractivity contribution in [3.8, 4) is 0 Å². The Hall–Kier alpha value is -2.36. The molecule has 1 aromatic rings. The van der Waals surface area contributed by atoms with Gasteiger partial charge in [0.2, 0.25) is 11.8 Å². The molecule has 11 heteroatoms. The van der Waals surface area contributed by atoms with Crippen LogP contribution < -0.4 is 10.6 Å². The maximum absolute atomic E-state index is 12.6. The first-order valence-corrected chi connectivity index (χ1v) is 10.7. The van der Waals surface area contributed by atoms with E-state index in [-0.39, 0.29) is 36.8 Å². The van der Waals surface area contributed by atoms with Crippen LogP contribution in [0.2, 0.25) is 10.0 Å². The molecule has 0 aliphatic carbocycles. The van der Waals surface area contributed by atoms with Crippen LogP contribution in [-0.2, 0) is 19.1 Å². The zero-order chi connectivity index (χ0) is 24.5. The number of ether oxygens (including phenoxy) is 1. The van der Waals surface area contributed by atoms with Crippen molar-refractivity contribution in [1.29, 1.82) is 0 Å². The third kappa shape index (κ3) is 10.8. The summed E-state index contributed by atoms with van der Waals surface area (Å²) in [5.41, 5.74) is -0.501. The van der Waals surface area contributed by atoms with Gasteiger partial charge in [0.05, 0.1) is 23.7 Å². The van der Waals surface area contributed by atoms with Crippen molar-refractivity contribution in [2.45, 2.75) is 26.4 Å². The molecule has 0 aliphatic heterocycles. The first-order chi connectivity index (χ1) is 14.8. The van der Waals surface area contributed by atoms with Crippen molar-refractivity contribution in [3.05, 3.63) is 33.8 Å². The zero-order valence-corrected chi connectivity index (χ0v) is 20.5. The van der Waals surface area contributed by atoms with Crippen LogP contribution in [-0.4, -0.2) is 85.9 Å². The molecule has 0 spiro atoms. The Morgan fingerprint density at radius 2 is 1.66 bits per heavy atom. The van der Waals surface area contributed by atoms with Crippen LogP contribution in [0.5, 0.6) is 0 Å². The minimum Gasteiger partial charge on any atom is -0.459 e. The fraction of sp³-hybridized carbons (Fsp3) is 0.524. The van der Waals surface area contributed by atoms with Crippen LogP contribution >= 0.6 is 23.2 Å². The van der Waals surface area contributed by atoms with E-state index in [1.807, 2.05) is 19.0 Å². The molecule has 0 radical (unpaired) electrons. The largest absolute Gasteiger partial charge is 0.459 e. The molecule has 9 nitrogen and oxygen atoms in total. The third-order valence-corrected chi connectivity index (χ3v) is 4.48. The Kier molecular flexibility index (Phi) is 10.9. The summed E-state index contributed by atoms with van der Waals surface area (Å²) in [6.07, 6.45) is 0. The topological polar surface area (TPSA) is 108 Å². The van der Waals surface area contributed by atoms with Gasteiger partial charge in [0.15, 0.2) is 0 Å². The summed E-state index contributed by atoms with van der Waals surface area (Å²) in [7, 11) is 3.68. The quantitative estimate of drug-likeness (QED) is 0.484. The number of carbonyl (C=O) groups excluding carboxylic acids is 4. The van der Waals surface area contributed by atoms with Crippen molar-refractivity contribution < 1.29 is 23.9 Å². The fourth-order valence-electron chi connectivity index (χ4n) is 2.42. The number of amides is 3. The molecule has 3 amide bonds. The van der Waals surface area contributed by atoms with Crippen molar-refractivity contribution in [1.82, 2.24) is 20.4 Å². The van der Waals surface area contributed by atoms with Gasteiger partial charge in [-0.1, -0.05) is 23.2 Å². The number of benzene rings is 1. The Morgan fingerprint density at radius 3 is 2.22 bits per heavy atom. The van der Waals surface area contributed by atoms with Gasteiger partial charge in [0.25, 0.3) is 5.91 Å². The number of carbonyl (C=O) groups is 4. The lowest BCUT2D eigenvalue weighted by atomic mass is 10.2. The van der Waals surface area contributed by atoms with Crippen LogP contribution in [0, 0.1) is 0 Å². The molecule has 1 aromatic carbocycles. The molecule has 0 saturated carbocycles. The van der Waals surface area contributed by atoms with E-state index in [0.717, 1.165) is 0 Å². The van der Waals surface area contributed by atoms with E-state index in [1.165, 1.54) is 23.1 Å². The Labute approximate surface area is 198 Å². The van der Waals surface area contributed by atoms with E-state index in [2.05, 4.69) is 10.6 Å². The minimum atomic E-state index is -0.674. The SMILES string of the molecule is CN(C)CCN(CC(=O)OC(C)(C)C)C(=O)CNC(=O)CNC(=O)c1ccc(Cl)cc1Cl. The third-order valence-electron chi connectivity index (χ3n) is 3.93. The molecule has 0 atom stereocenters. The minimum absolute atomic E-state index is 0.157. The molecular formula is C21H30Cl2N4O5. The number of esters is 1. The van der Waals surface area contributed by atoms with Gasteiger partial charge in [-0.15, -0.1) is 0 Å². The molecule has 0 fully saturated rings. The standard InChI is InChI=1S/C21H30Cl2N4O5/c1-21(2,3)32-19(30)13-27(9-8-26(4)5)18(29)12-24-17(28)11-25-20(31)15-7-6-14(22)10-16(15)23/h6-7,10H,8-9,11-13H2,1-5H3,(H,24,28)(H,25,31). The van der Waals surface area contributed by atoms with Gasteiger partial charge in [0.1, 0.15) is 12.1 Å². The predicted octanol–water partition coefficient (Wildman–Crippen LogP) is 1.57. The number of halogens is 2. The lowest BCUT2D eigenvalue weighted by molar-refractivity contribution is -0.158. The second-order valence-electron chi connectivity index (χ2n) is 8.29. The number of rotatable bonds is 10. The second kappa shape index (κ2) is 12.6. The van der Waals surface area contributed by atoms with Gasteiger partial charge in [0, 0.05) is 18.1 Å². The van der Waals surface area contributed by atoms with E-state index in [1.54, 1.807) is 20.8 Å². The highest BCUT2D eigenvalue weighted by atomic mass is 35.5. The fourth-order valence-corrected chi connectivity index (χ4v) is 2.91. The zero-order valence-electron chi connectivity index (χ0n) is 19.0. The molecule has 178 valence electrons. The molecule has 0 aliphatic rings. The van der Waals surface area contributed by atoms with Crippen LogP contribution in [0.4, 0.5) is 0 Å². The van der Waals surface area contributed by atoms with E-state index in [9.17, 15) is 19.2 Å². The lowest BCUT2D eigenvalue weighted by Crippen LogP contribution is -2.47. The molecule has 1 rings (SSSR count). The van der Waals surface area contributed by atoms with Crippen molar-refractivity contribution in [2.24, 2.45) is 0 Å². The summed E-state index contributed by atoms with van der Waals surface area (Å²) in [5, 5.41) is 5.40. The van der Waals surface area contributed by atoms with Crippen molar-refractivity contribution >= 4 is 46.9 Å². The summed E-state index contributed by atoms with van der Waals surface area (Å²) < 4.78 is 5.27. The summed E-state index contributed by atoms with van der Waals surface area (Å²) in [6.45, 7) is 5.12. The summed E-state index contributed by atoms with van der Waals surface area (Å²) in [6, 6.07) is 4.37. The van der Waals surface area contributed by atoms with Gasteiger partial charge in [-0.2, -0.15) is 0 Å². The van der Waals surface area contributed by atoms with Crippen LogP contribution in [0.15, 0.2) is 18.2 Å². The maximum atomic E-state index is 12.6. The van der Waals surface area contributed by atoms with Crippen molar-refractivity contribution in [3.63, 3.8) is 0 Å². The highest BCUT2D eigenvalue weighted by molar-refractivity contribution is 6.36. The van der Waals surface area contributed by atoms with E-state index in [0.29, 0.717) is 11.6 Å². The second-order valence-corrected chi connectivity index (χ2v) is 9.13. The molecule has 2 N–H and O–H groups in total. The number of nitrogens with one attached hydrogen (secondary N) is 2. The number of hydrogen-bond donors (Lipinski definition) is 2. The number of likely N-dealkylation sites (N-methyl/N-ethyl adjacent to an activating group) is 1. The molecule has 0 aromatic heterocycles. The summed E-state index contributed by atoms with van der Waals surface area (Å²) >= 11 is 11.8. The molecule has 0 bridgehead atoms. The van der Waals surface area contributed by atoms with Crippen LogP contribution in [0.1, 0.15) is 31.1 Å². The number of nitrogens with zero attached hydrogens (tertiary/aromatic N) is 2. The predicted molar refractivity (Wildman–Crippen MR) is 123 cm³/mol. The monoisotopic (exact) mass is 488 g/mol. The van der Waals surface area contributed by atoms with Crippen LogP contribution in [0.25, 0.3) is 0 Å². The highest BCUT2D eigenvalue weighted by Crippen LogP contribution is 2.20. The Bertz CT molecular complexity index is 840. The average molecular weight is 489 g/mol. The first kappa shape index (κ1) is 27.7. The van der Waals surface area contributed by atoms with Gasteiger partial charge in [-0.25, -0.2) is 0 Å². The lowest BCUT2D eigenvalue weighted by Gasteiger charge is -2.26. The summed E-state index contributed by atoms with van der Waals surface area (Å²) in [5.74, 6) is -2.10. The van der Waals surface area contributed by atoms with Crippen molar-refractivity contribution in [2.75, 3.05) is 46.8 Å². The average Bonchev–Trinajstić information content (AvgIpc) is 2.65.